The van der Waals surface area contributed by atoms with Gasteiger partial charge in [0, 0.05) is 39.5 Å². The van der Waals surface area contributed by atoms with E-state index in [4.69, 9.17) is 4.84 Å². The van der Waals surface area contributed by atoms with Crippen LogP contribution in [0.1, 0.15) is 25.3 Å². The number of oxime groups is 1. The van der Waals surface area contributed by atoms with Crippen molar-refractivity contribution < 1.29 is 19.5 Å². The van der Waals surface area contributed by atoms with Crippen molar-refractivity contribution in [1.82, 2.24) is 9.80 Å². The average Bonchev–Trinajstić information content (AvgIpc) is 3.04. The zero-order chi connectivity index (χ0) is 17.1. The van der Waals surface area contributed by atoms with Gasteiger partial charge in [-0.2, -0.15) is 0 Å². The Labute approximate surface area is 140 Å². The number of benzene rings is 1. The third-order valence-corrected chi connectivity index (χ3v) is 4.41. The van der Waals surface area contributed by atoms with Gasteiger partial charge >= 0.3 is 0 Å². The molecule has 2 amide bonds. The first-order chi connectivity index (χ1) is 11.5. The van der Waals surface area contributed by atoms with E-state index in [1.165, 1.54) is 0 Å². The van der Waals surface area contributed by atoms with Crippen LogP contribution in [-0.4, -0.2) is 64.7 Å². The topological polar surface area (TPSA) is 82.4 Å². The van der Waals surface area contributed by atoms with Crippen LogP contribution in [0.4, 0.5) is 0 Å². The molecule has 128 valence electrons. The SMILES string of the molecule is CC(=O)N1CCN(C(=O)CC2CC(c3ccc(O)cc3)=NO2)CC1. The van der Waals surface area contributed by atoms with Gasteiger partial charge in [0.25, 0.3) is 0 Å². The molecule has 7 nitrogen and oxygen atoms in total. The Morgan fingerprint density at radius 3 is 2.42 bits per heavy atom. The van der Waals surface area contributed by atoms with Gasteiger partial charge in [0.2, 0.25) is 11.8 Å². The zero-order valence-electron chi connectivity index (χ0n) is 13.6. The fourth-order valence-corrected chi connectivity index (χ4v) is 2.96. The highest BCUT2D eigenvalue weighted by Gasteiger charge is 2.28. The van der Waals surface area contributed by atoms with E-state index < -0.39 is 0 Å². The first-order valence-electron chi connectivity index (χ1n) is 8.08. The molecule has 2 aliphatic rings. The summed E-state index contributed by atoms with van der Waals surface area (Å²) >= 11 is 0. The molecule has 0 spiro atoms. The van der Waals surface area contributed by atoms with Crippen LogP contribution in [0.25, 0.3) is 0 Å². The monoisotopic (exact) mass is 331 g/mol. The van der Waals surface area contributed by atoms with Gasteiger partial charge in [-0.15, -0.1) is 0 Å². The van der Waals surface area contributed by atoms with Gasteiger partial charge in [0.1, 0.15) is 11.9 Å². The second-order valence-corrected chi connectivity index (χ2v) is 6.11. The highest BCUT2D eigenvalue weighted by molar-refractivity contribution is 6.01. The highest BCUT2D eigenvalue weighted by Crippen LogP contribution is 2.21. The summed E-state index contributed by atoms with van der Waals surface area (Å²) in [6.07, 6.45) is 0.599. The van der Waals surface area contributed by atoms with Crippen LogP contribution < -0.4 is 0 Å². The fraction of sp³-hybridized carbons (Fsp3) is 0.471. The Morgan fingerprint density at radius 2 is 1.79 bits per heavy atom. The van der Waals surface area contributed by atoms with Crippen molar-refractivity contribution in [3.63, 3.8) is 0 Å². The fourth-order valence-electron chi connectivity index (χ4n) is 2.96. The van der Waals surface area contributed by atoms with Gasteiger partial charge in [-0.05, 0) is 29.8 Å². The van der Waals surface area contributed by atoms with Gasteiger partial charge in [-0.3, -0.25) is 9.59 Å². The van der Waals surface area contributed by atoms with Crippen LogP contribution in [0.2, 0.25) is 0 Å². The largest absolute Gasteiger partial charge is 0.508 e. The summed E-state index contributed by atoms with van der Waals surface area (Å²) in [5.74, 6) is 0.285. The summed E-state index contributed by atoms with van der Waals surface area (Å²) in [5, 5.41) is 13.4. The maximum Gasteiger partial charge on any atom is 0.226 e. The molecule has 0 saturated carbocycles. The molecule has 1 fully saturated rings. The maximum absolute atomic E-state index is 12.4. The van der Waals surface area contributed by atoms with Crippen LogP contribution in [0.3, 0.4) is 0 Å². The first kappa shape index (κ1) is 16.3. The number of carbonyl (C=O) groups excluding carboxylic acids is 2. The molecule has 0 radical (unpaired) electrons. The molecule has 1 saturated heterocycles. The summed E-state index contributed by atoms with van der Waals surface area (Å²) in [6, 6.07) is 6.76. The maximum atomic E-state index is 12.4. The molecule has 1 aromatic carbocycles. The number of nitrogens with zero attached hydrogens (tertiary/aromatic N) is 3. The predicted molar refractivity (Wildman–Crippen MR) is 87.6 cm³/mol. The van der Waals surface area contributed by atoms with Crippen molar-refractivity contribution in [3.8, 4) is 5.75 Å². The van der Waals surface area contributed by atoms with Crippen LogP contribution in [0, 0.1) is 0 Å². The quantitative estimate of drug-likeness (QED) is 0.894. The molecule has 0 bridgehead atoms. The minimum absolute atomic E-state index is 0.0327. The van der Waals surface area contributed by atoms with Crippen molar-refractivity contribution in [3.05, 3.63) is 29.8 Å². The number of piperazine rings is 1. The van der Waals surface area contributed by atoms with Crippen LogP contribution in [-0.2, 0) is 14.4 Å². The standard InChI is InChI=1S/C17H21N3O4/c1-12(21)19-6-8-20(9-7-19)17(23)11-15-10-16(18-24-15)13-2-4-14(22)5-3-13/h2-5,15,22H,6-11H2,1H3. The lowest BCUT2D eigenvalue weighted by Gasteiger charge is -2.34. The molecule has 1 N–H and O–H groups in total. The normalized spacial score (nSPS) is 20.5. The zero-order valence-corrected chi connectivity index (χ0v) is 13.6. The van der Waals surface area contributed by atoms with Crippen molar-refractivity contribution in [2.75, 3.05) is 26.2 Å². The van der Waals surface area contributed by atoms with Crippen molar-refractivity contribution in [2.24, 2.45) is 5.16 Å². The number of phenols is 1. The number of hydrogen-bond acceptors (Lipinski definition) is 5. The second kappa shape index (κ2) is 6.90. The second-order valence-electron chi connectivity index (χ2n) is 6.11. The molecule has 0 aromatic heterocycles. The Bertz CT molecular complexity index is 648. The van der Waals surface area contributed by atoms with E-state index in [1.54, 1.807) is 41.0 Å². The van der Waals surface area contributed by atoms with E-state index in [0.717, 1.165) is 11.3 Å². The smallest absolute Gasteiger partial charge is 0.226 e. The van der Waals surface area contributed by atoms with E-state index >= 15 is 0 Å². The van der Waals surface area contributed by atoms with Crippen LogP contribution >= 0.6 is 0 Å². The molecule has 1 aromatic rings. The number of phenolic OH excluding ortho intramolecular Hbond substituents is 1. The molecule has 24 heavy (non-hydrogen) atoms. The summed E-state index contributed by atoms with van der Waals surface area (Å²) in [6.45, 7) is 3.85. The van der Waals surface area contributed by atoms with Gasteiger partial charge in [-0.25, -0.2) is 0 Å². The van der Waals surface area contributed by atoms with E-state index in [-0.39, 0.29) is 30.1 Å². The lowest BCUT2D eigenvalue weighted by molar-refractivity contribution is -0.140. The average molecular weight is 331 g/mol. The van der Waals surface area contributed by atoms with E-state index in [2.05, 4.69) is 5.16 Å². The highest BCUT2D eigenvalue weighted by atomic mass is 16.6. The number of aromatic hydroxyl groups is 1. The molecule has 2 aliphatic heterocycles. The van der Waals surface area contributed by atoms with Crippen LogP contribution in [0.15, 0.2) is 29.4 Å². The Hall–Kier alpha value is -2.57. The summed E-state index contributed by atoms with van der Waals surface area (Å²) in [4.78, 5) is 32.6. The molecule has 1 unspecified atom stereocenters. The Morgan fingerprint density at radius 1 is 1.17 bits per heavy atom. The molecule has 2 heterocycles. The Kier molecular flexibility index (Phi) is 4.69. The van der Waals surface area contributed by atoms with Gasteiger partial charge < -0.3 is 19.7 Å². The third kappa shape index (κ3) is 3.67. The van der Waals surface area contributed by atoms with Crippen LogP contribution in [0.5, 0.6) is 5.75 Å². The van der Waals surface area contributed by atoms with E-state index in [1.807, 2.05) is 0 Å². The molecular formula is C17H21N3O4. The number of rotatable bonds is 3. The minimum Gasteiger partial charge on any atom is -0.508 e. The van der Waals surface area contributed by atoms with E-state index in [9.17, 15) is 14.7 Å². The summed E-state index contributed by atoms with van der Waals surface area (Å²) < 4.78 is 0. The van der Waals surface area contributed by atoms with Crippen molar-refractivity contribution in [2.45, 2.75) is 25.9 Å². The predicted octanol–water partition coefficient (Wildman–Crippen LogP) is 0.966. The van der Waals surface area contributed by atoms with Gasteiger partial charge in [-0.1, -0.05) is 5.16 Å². The third-order valence-electron chi connectivity index (χ3n) is 4.41. The molecule has 0 aliphatic carbocycles. The van der Waals surface area contributed by atoms with E-state index in [0.29, 0.717) is 32.6 Å². The van der Waals surface area contributed by atoms with Crippen molar-refractivity contribution in [1.29, 1.82) is 0 Å². The molecule has 3 rings (SSSR count). The molecular weight excluding hydrogens is 310 g/mol. The lowest BCUT2D eigenvalue weighted by Crippen LogP contribution is -2.50. The summed E-state index contributed by atoms with van der Waals surface area (Å²) in [7, 11) is 0. The Balaban J connectivity index is 1.49. The van der Waals surface area contributed by atoms with Gasteiger partial charge in [0.05, 0.1) is 12.1 Å². The molecule has 1 atom stereocenters. The lowest BCUT2D eigenvalue weighted by atomic mass is 10.0. The number of hydrogen-bond donors (Lipinski definition) is 1. The minimum atomic E-state index is -0.257. The number of carbonyl (C=O) groups is 2. The first-order valence-corrected chi connectivity index (χ1v) is 8.08. The number of amides is 2. The molecule has 7 heteroatoms. The summed E-state index contributed by atoms with van der Waals surface area (Å²) in [5.41, 5.74) is 1.67. The van der Waals surface area contributed by atoms with Crippen molar-refractivity contribution >= 4 is 17.5 Å². The van der Waals surface area contributed by atoms with Gasteiger partial charge in [0.15, 0.2) is 0 Å².